The van der Waals surface area contributed by atoms with Crippen LogP contribution >= 0.6 is 0 Å². The molecule has 2 fully saturated rings. The molecule has 0 aromatic carbocycles. The van der Waals surface area contributed by atoms with Crippen molar-refractivity contribution < 1.29 is 9.47 Å². The largest absolute Gasteiger partial charge is 0.381 e. The molecule has 0 amide bonds. The van der Waals surface area contributed by atoms with Crippen LogP contribution in [-0.4, -0.2) is 39.5 Å². The average Bonchev–Trinajstić information content (AvgIpc) is 2.18. The maximum absolute atomic E-state index is 5.41. The molecule has 0 aromatic rings. The lowest BCUT2D eigenvalue weighted by Crippen LogP contribution is -2.55. The van der Waals surface area contributed by atoms with Crippen molar-refractivity contribution in [3.8, 4) is 0 Å². The number of hydrogen-bond donors (Lipinski definition) is 1. The van der Waals surface area contributed by atoms with Gasteiger partial charge in [-0.05, 0) is 25.3 Å². The molecular weight excluding hydrogens is 178 g/mol. The minimum Gasteiger partial charge on any atom is -0.381 e. The van der Waals surface area contributed by atoms with Gasteiger partial charge in [0.2, 0.25) is 0 Å². The maximum Gasteiger partial charge on any atom is 0.0559 e. The Hall–Kier alpha value is -0.120. The first-order valence-electron chi connectivity index (χ1n) is 5.73. The van der Waals surface area contributed by atoms with Crippen LogP contribution in [0.25, 0.3) is 0 Å². The number of ether oxygens (including phenoxy) is 2. The molecule has 0 saturated carbocycles. The van der Waals surface area contributed by atoms with Crippen LogP contribution in [0.15, 0.2) is 0 Å². The third kappa shape index (κ3) is 1.95. The monoisotopic (exact) mass is 199 g/mol. The van der Waals surface area contributed by atoms with Crippen LogP contribution in [0, 0.1) is 11.3 Å². The van der Waals surface area contributed by atoms with Crippen LogP contribution in [0.4, 0.5) is 0 Å². The molecule has 3 nitrogen and oxygen atoms in total. The van der Waals surface area contributed by atoms with Gasteiger partial charge in [0.05, 0.1) is 13.2 Å². The molecule has 2 rings (SSSR count). The van der Waals surface area contributed by atoms with Gasteiger partial charge in [-0.25, -0.2) is 0 Å². The summed E-state index contributed by atoms with van der Waals surface area (Å²) >= 11 is 0. The standard InChI is InChI=1S/C11H21NO2/c1-2-12-7-11(8-14-9-11)10-3-5-13-6-4-10/h10,12H,2-9H2,1H3. The Morgan fingerprint density at radius 2 is 1.93 bits per heavy atom. The van der Waals surface area contributed by atoms with Crippen molar-refractivity contribution in [1.29, 1.82) is 0 Å². The molecular formula is C11H21NO2. The molecule has 0 radical (unpaired) electrons. The zero-order valence-electron chi connectivity index (χ0n) is 9.05. The predicted octanol–water partition coefficient (Wildman–Crippen LogP) is 1.04. The summed E-state index contributed by atoms with van der Waals surface area (Å²) in [7, 11) is 0. The summed E-state index contributed by atoms with van der Waals surface area (Å²) in [6, 6.07) is 0. The van der Waals surface area contributed by atoms with E-state index in [1.807, 2.05) is 0 Å². The van der Waals surface area contributed by atoms with Crippen molar-refractivity contribution >= 4 is 0 Å². The molecule has 14 heavy (non-hydrogen) atoms. The number of nitrogens with one attached hydrogen (secondary N) is 1. The predicted molar refractivity (Wildman–Crippen MR) is 55.3 cm³/mol. The third-order valence-electron chi connectivity index (χ3n) is 3.59. The van der Waals surface area contributed by atoms with Crippen molar-refractivity contribution in [1.82, 2.24) is 5.32 Å². The summed E-state index contributed by atoms with van der Waals surface area (Å²) in [4.78, 5) is 0. The zero-order valence-corrected chi connectivity index (χ0v) is 9.05. The Morgan fingerprint density at radius 1 is 1.21 bits per heavy atom. The average molecular weight is 199 g/mol. The van der Waals surface area contributed by atoms with Gasteiger partial charge < -0.3 is 14.8 Å². The lowest BCUT2D eigenvalue weighted by atomic mass is 9.70. The van der Waals surface area contributed by atoms with Gasteiger partial charge in [0, 0.05) is 25.2 Å². The Morgan fingerprint density at radius 3 is 2.43 bits per heavy atom. The van der Waals surface area contributed by atoms with Crippen LogP contribution in [0.1, 0.15) is 19.8 Å². The fourth-order valence-corrected chi connectivity index (χ4v) is 2.53. The summed E-state index contributed by atoms with van der Waals surface area (Å²) in [5.41, 5.74) is 0.430. The van der Waals surface area contributed by atoms with Gasteiger partial charge >= 0.3 is 0 Å². The summed E-state index contributed by atoms with van der Waals surface area (Å²) in [6.07, 6.45) is 2.43. The fraction of sp³-hybridized carbons (Fsp3) is 1.00. The van der Waals surface area contributed by atoms with Gasteiger partial charge in [-0.2, -0.15) is 0 Å². The first-order valence-corrected chi connectivity index (χ1v) is 5.73. The second-order valence-corrected chi connectivity index (χ2v) is 4.52. The molecule has 0 aliphatic carbocycles. The molecule has 0 aromatic heterocycles. The Balaban J connectivity index is 1.89. The smallest absolute Gasteiger partial charge is 0.0559 e. The van der Waals surface area contributed by atoms with Gasteiger partial charge in [-0.1, -0.05) is 6.92 Å². The quantitative estimate of drug-likeness (QED) is 0.734. The van der Waals surface area contributed by atoms with Crippen LogP contribution in [0.3, 0.4) is 0 Å². The Kier molecular flexibility index (Phi) is 3.42. The summed E-state index contributed by atoms with van der Waals surface area (Å²) in [5, 5.41) is 3.47. The van der Waals surface area contributed by atoms with Crippen molar-refractivity contribution in [2.24, 2.45) is 11.3 Å². The third-order valence-corrected chi connectivity index (χ3v) is 3.59. The SMILES string of the molecule is CCNCC1(C2CCOCC2)COC1. The van der Waals surface area contributed by atoms with E-state index in [2.05, 4.69) is 12.2 Å². The Labute approximate surface area is 86.2 Å². The maximum atomic E-state index is 5.41. The van der Waals surface area contributed by atoms with E-state index in [0.29, 0.717) is 5.41 Å². The van der Waals surface area contributed by atoms with E-state index >= 15 is 0 Å². The number of hydrogen-bond acceptors (Lipinski definition) is 3. The van der Waals surface area contributed by atoms with E-state index < -0.39 is 0 Å². The lowest BCUT2D eigenvalue weighted by Gasteiger charge is -2.48. The summed E-state index contributed by atoms with van der Waals surface area (Å²) in [6.45, 7) is 8.13. The molecule has 0 bridgehead atoms. The van der Waals surface area contributed by atoms with Crippen molar-refractivity contribution in [2.75, 3.05) is 39.5 Å². The topological polar surface area (TPSA) is 30.5 Å². The van der Waals surface area contributed by atoms with Gasteiger partial charge in [0.15, 0.2) is 0 Å². The molecule has 2 aliphatic rings. The molecule has 0 unspecified atom stereocenters. The number of rotatable bonds is 4. The molecule has 82 valence electrons. The second-order valence-electron chi connectivity index (χ2n) is 4.52. The molecule has 0 atom stereocenters. The van der Waals surface area contributed by atoms with Crippen molar-refractivity contribution in [3.63, 3.8) is 0 Å². The molecule has 3 heteroatoms. The lowest BCUT2D eigenvalue weighted by molar-refractivity contribution is -0.160. The molecule has 2 heterocycles. The van der Waals surface area contributed by atoms with Crippen LogP contribution in [-0.2, 0) is 9.47 Å². The van der Waals surface area contributed by atoms with Crippen LogP contribution in [0.5, 0.6) is 0 Å². The van der Waals surface area contributed by atoms with E-state index in [0.717, 1.165) is 45.4 Å². The normalized spacial score (nSPS) is 27.2. The highest BCUT2D eigenvalue weighted by atomic mass is 16.5. The van der Waals surface area contributed by atoms with Gasteiger partial charge in [0.1, 0.15) is 0 Å². The van der Waals surface area contributed by atoms with Gasteiger partial charge in [-0.15, -0.1) is 0 Å². The molecule has 1 N–H and O–H groups in total. The second kappa shape index (κ2) is 4.60. The minimum absolute atomic E-state index is 0.430. The van der Waals surface area contributed by atoms with E-state index in [1.54, 1.807) is 0 Å². The van der Waals surface area contributed by atoms with Gasteiger partial charge in [-0.3, -0.25) is 0 Å². The fourth-order valence-electron chi connectivity index (χ4n) is 2.53. The molecule has 2 saturated heterocycles. The van der Waals surface area contributed by atoms with Crippen LogP contribution in [0.2, 0.25) is 0 Å². The molecule has 2 aliphatic heterocycles. The van der Waals surface area contributed by atoms with E-state index in [4.69, 9.17) is 9.47 Å². The first kappa shape index (κ1) is 10.4. The van der Waals surface area contributed by atoms with E-state index in [1.165, 1.54) is 12.8 Å². The highest BCUT2D eigenvalue weighted by molar-refractivity contribution is 4.94. The minimum atomic E-state index is 0.430. The highest BCUT2D eigenvalue weighted by Crippen LogP contribution is 2.40. The highest BCUT2D eigenvalue weighted by Gasteiger charge is 2.45. The summed E-state index contributed by atoms with van der Waals surface area (Å²) < 4.78 is 10.8. The first-order chi connectivity index (χ1) is 6.87. The van der Waals surface area contributed by atoms with E-state index in [9.17, 15) is 0 Å². The van der Waals surface area contributed by atoms with Crippen molar-refractivity contribution in [2.45, 2.75) is 19.8 Å². The molecule has 0 spiro atoms. The zero-order chi connectivity index (χ0) is 9.86. The Bertz CT molecular complexity index is 174. The van der Waals surface area contributed by atoms with Gasteiger partial charge in [0.25, 0.3) is 0 Å². The van der Waals surface area contributed by atoms with E-state index in [-0.39, 0.29) is 0 Å². The summed E-state index contributed by atoms with van der Waals surface area (Å²) in [5.74, 6) is 0.809. The van der Waals surface area contributed by atoms with Crippen molar-refractivity contribution in [3.05, 3.63) is 0 Å². The van der Waals surface area contributed by atoms with Crippen LogP contribution < -0.4 is 5.32 Å².